The van der Waals surface area contributed by atoms with E-state index in [1.807, 2.05) is 0 Å². The van der Waals surface area contributed by atoms with E-state index in [1.165, 1.54) is 12.1 Å². The van der Waals surface area contributed by atoms with Crippen LogP contribution in [-0.4, -0.2) is 50.2 Å². The summed E-state index contributed by atoms with van der Waals surface area (Å²) < 4.78 is 6.35. The fraction of sp³-hybridized carbons (Fsp3) is 0.227. The Bertz CT molecular complexity index is 1450. The smallest absolute Gasteiger partial charge is 0.388 e. The number of nitrogens with one attached hydrogen (secondary N) is 5. The number of halogens is 2. The third-order valence-corrected chi connectivity index (χ3v) is 18.5. The van der Waals surface area contributed by atoms with Gasteiger partial charge >= 0.3 is 204 Å². The van der Waals surface area contributed by atoms with Crippen LogP contribution < -0.4 is 33.3 Å². The molecule has 13 nitrogen and oxygen atoms in total. The fourth-order valence-corrected chi connectivity index (χ4v) is 19.7. The minimum absolute atomic E-state index is 0.0262. The van der Waals surface area contributed by atoms with Crippen LogP contribution in [0.4, 0.5) is 17.1 Å². The molecule has 39 heavy (non-hydrogen) atoms. The summed E-state index contributed by atoms with van der Waals surface area (Å²) in [6.07, 6.45) is 4.00. The first-order chi connectivity index (χ1) is 18.5. The van der Waals surface area contributed by atoms with Crippen LogP contribution in [0, 0.1) is 5.41 Å². The minimum Gasteiger partial charge on any atom is -0.388 e. The van der Waals surface area contributed by atoms with Gasteiger partial charge < -0.3 is 11.1 Å². The predicted molar refractivity (Wildman–Crippen MR) is 142 cm³/mol. The van der Waals surface area contributed by atoms with Gasteiger partial charge in [-0.1, -0.05) is 0 Å². The Labute approximate surface area is 255 Å². The molecule has 0 saturated heterocycles. The molecule has 0 atom stereocenters. The van der Waals surface area contributed by atoms with Crippen molar-refractivity contribution in [1.29, 1.82) is 5.41 Å². The van der Waals surface area contributed by atoms with Crippen LogP contribution in [0.3, 0.4) is 0 Å². The first-order valence-electron chi connectivity index (χ1n) is 11.6. The van der Waals surface area contributed by atoms with E-state index in [0.29, 0.717) is 37.9 Å². The third kappa shape index (κ3) is 7.24. The molecule has 0 aliphatic carbocycles. The van der Waals surface area contributed by atoms with Crippen molar-refractivity contribution in [1.82, 2.24) is 19.0 Å². The number of hydrogen-bond donors (Lipinski definition) is 6. The van der Waals surface area contributed by atoms with E-state index in [2.05, 4.69) is 21.3 Å². The van der Waals surface area contributed by atoms with Gasteiger partial charge in [0.15, 0.2) is 0 Å². The zero-order valence-corrected chi connectivity index (χ0v) is 34.0. The van der Waals surface area contributed by atoms with E-state index in [-0.39, 0.29) is 30.4 Å². The number of hydrogen-bond acceptors (Lipinski definition) is 5. The van der Waals surface area contributed by atoms with Crippen molar-refractivity contribution in [3.63, 3.8) is 0 Å². The van der Waals surface area contributed by atoms with Gasteiger partial charge in [-0.15, -0.1) is 0 Å². The van der Waals surface area contributed by atoms with E-state index in [9.17, 15) is 19.2 Å². The van der Waals surface area contributed by atoms with Crippen LogP contribution in [-0.2, 0) is 72.6 Å². The Morgan fingerprint density at radius 3 is 2.05 bits per heavy atom. The van der Waals surface area contributed by atoms with E-state index >= 15 is 0 Å². The molecule has 200 valence electrons. The molecule has 0 aliphatic rings. The van der Waals surface area contributed by atoms with Crippen LogP contribution >= 0.6 is 16.5 Å². The number of rotatable bonds is 12. The molecule has 0 aliphatic heterocycles. The predicted octanol–water partition coefficient (Wildman–Crippen LogP) is 0.554. The van der Waals surface area contributed by atoms with Gasteiger partial charge in [-0.2, -0.15) is 0 Å². The van der Waals surface area contributed by atoms with Gasteiger partial charge in [0.25, 0.3) is 5.91 Å². The average Bonchev–Trinajstić information content (AvgIpc) is 3.51. The maximum absolute atomic E-state index is 13.2. The molecule has 3 heterocycles. The number of nitrogens with two attached hydrogens (primary N) is 1. The first kappa shape index (κ1) is 31.2. The zero-order valence-electron chi connectivity index (χ0n) is 21.5. The van der Waals surface area contributed by atoms with E-state index < -0.39 is 58.5 Å². The van der Waals surface area contributed by atoms with Crippen LogP contribution in [0.5, 0.6) is 0 Å². The van der Waals surface area contributed by atoms with E-state index in [0.717, 1.165) is 3.20 Å². The van der Waals surface area contributed by atoms with E-state index in [4.69, 9.17) is 27.6 Å². The molecule has 17 heteroatoms. The summed E-state index contributed by atoms with van der Waals surface area (Å²) in [4.78, 5) is 49.8. The molecule has 3 aromatic heterocycles. The number of carbonyl (C=O) groups excluding carboxylic acids is 4. The summed E-state index contributed by atoms with van der Waals surface area (Å²) in [6, 6.07) is 3.07. The van der Waals surface area contributed by atoms with Gasteiger partial charge in [0.1, 0.15) is 0 Å². The number of amides is 4. The normalized spacial score (nSPS) is 10.3. The Morgan fingerprint density at radius 1 is 0.974 bits per heavy atom. The quantitative estimate of drug-likeness (QED) is 0.0671. The van der Waals surface area contributed by atoms with Crippen molar-refractivity contribution >= 4 is 69.8 Å². The Morgan fingerprint density at radius 2 is 1.54 bits per heavy atom. The SMILES string of the molecule is Cn1cc(NC(=O)c2cc(NC(=O)c3[c]([Hg][Cl])c(NC=O)[c]([Hg][Cl])n3C)cn2C)cc1C(=O)NCCC(=N)N. The summed E-state index contributed by atoms with van der Waals surface area (Å²) in [6.45, 7) is 0.225. The minimum atomic E-state index is -2.18. The van der Waals surface area contributed by atoms with Crippen LogP contribution in [0.15, 0.2) is 24.5 Å². The van der Waals surface area contributed by atoms with E-state index in [1.54, 1.807) is 47.2 Å². The number of carbonyl (C=O) groups is 4. The van der Waals surface area contributed by atoms with Gasteiger partial charge in [0.2, 0.25) is 0 Å². The fourth-order valence-electron chi connectivity index (χ4n) is 4.11. The number of nitrogens with zero attached hydrogens (tertiary/aromatic N) is 3. The van der Waals surface area contributed by atoms with Crippen molar-refractivity contribution in [2.75, 3.05) is 22.5 Å². The monoisotopic (exact) mass is 953 g/mol. The molecule has 0 aromatic carbocycles. The summed E-state index contributed by atoms with van der Waals surface area (Å²) in [5, 5.41) is 18.2. The molecular formula is C22H25Cl2Hg2N9O4. The number of aryl methyl sites for hydroxylation is 2. The van der Waals surface area contributed by atoms with Gasteiger partial charge in [-0.25, -0.2) is 0 Å². The number of amidine groups is 1. The molecule has 4 amide bonds. The van der Waals surface area contributed by atoms with Crippen molar-refractivity contribution < 1.29 is 65.9 Å². The van der Waals surface area contributed by atoms with Gasteiger partial charge in [-0.3, -0.25) is 10.2 Å². The van der Waals surface area contributed by atoms with Crippen LogP contribution in [0.25, 0.3) is 0 Å². The molecule has 3 aromatic rings. The van der Waals surface area contributed by atoms with Crippen molar-refractivity contribution in [2.24, 2.45) is 26.9 Å². The zero-order chi connectivity index (χ0) is 28.9. The molecule has 0 saturated carbocycles. The molecule has 0 spiro atoms. The maximum atomic E-state index is 13.2. The summed E-state index contributed by atoms with van der Waals surface area (Å²) in [5.74, 6) is -1.24. The Balaban J connectivity index is 1.76. The summed E-state index contributed by atoms with van der Waals surface area (Å²) >= 11 is -4.21. The van der Waals surface area contributed by atoms with Crippen molar-refractivity contribution in [2.45, 2.75) is 6.42 Å². The molecular weight excluding hydrogens is 926 g/mol. The van der Waals surface area contributed by atoms with Crippen LogP contribution in [0.1, 0.15) is 37.9 Å². The topological polar surface area (TPSA) is 181 Å². The molecule has 0 bridgehead atoms. The van der Waals surface area contributed by atoms with Crippen molar-refractivity contribution in [3.8, 4) is 0 Å². The second-order valence-corrected chi connectivity index (χ2v) is 20.7. The second-order valence-electron chi connectivity index (χ2n) is 8.63. The number of anilines is 3. The van der Waals surface area contributed by atoms with Crippen molar-refractivity contribution in [3.05, 3.63) is 41.6 Å². The summed E-state index contributed by atoms with van der Waals surface area (Å²) in [7, 11) is 17.7. The second kappa shape index (κ2) is 13.8. The molecule has 7 N–H and O–H groups in total. The molecule has 0 fully saturated rings. The standard InChI is InChI=1S/C22H25N9O4.2ClH.2Hg/c1-29-9-13(26-12-32)6-17(29)21(34)28-15-8-18(31(3)11-15)22(35)27-14-7-16(30(2)10-14)20(33)25-5-4-19(23)24;;;;/h7-8,10-12H,4-5H2,1-3H3,(H3,23,24)(H,25,33)(H,26,32)(H,27,35)(H,28,34);2*1H;;/q;;;2*+1/p-2. The average molecular weight is 952 g/mol. The van der Waals surface area contributed by atoms with Crippen LogP contribution in [0.2, 0.25) is 0 Å². The van der Waals surface area contributed by atoms with Gasteiger partial charge in [0.05, 0.1) is 5.84 Å². The van der Waals surface area contributed by atoms with Gasteiger partial charge in [-0.05, 0) is 0 Å². The third-order valence-electron chi connectivity index (χ3n) is 5.97. The number of aromatic nitrogens is 3. The molecule has 3 rings (SSSR count). The Hall–Kier alpha value is -2.36. The molecule has 0 unspecified atom stereocenters. The molecule has 0 radical (unpaired) electrons. The Kier molecular flexibility index (Phi) is 11.0. The first-order valence-corrected chi connectivity index (χ1v) is 30.6. The summed E-state index contributed by atoms with van der Waals surface area (Å²) in [5.41, 5.74) is 7.66. The van der Waals surface area contributed by atoms with Gasteiger partial charge in [0, 0.05) is 20.0 Å².